The number of hydrogen-bond acceptors (Lipinski definition) is 4. The van der Waals surface area contributed by atoms with Crippen LogP contribution in [0.5, 0.6) is 5.75 Å². The van der Waals surface area contributed by atoms with E-state index in [1.807, 2.05) is 0 Å². The van der Waals surface area contributed by atoms with Crippen molar-refractivity contribution >= 4 is 15.9 Å². The van der Waals surface area contributed by atoms with Crippen molar-refractivity contribution in [2.75, 3.05) is 21.2 Å². The van der Waals surface area contributed by atoms with Gasteiger partial charge >= 0.3 is 0 Å². The van der Waals surface area contributed by atoms with Crippen LogP contribution in [0, 0.1) is 12.7 Å². The van der Waals surface area contributed by atoms with Crippen LogP contribution in [0.1, 0.15) is 21.5 Å². The monoisotopic (exact) mass is 380 g/mol. The van der Waals surface area contributed by atoms with Crippen molar-refractivity contribution in [1.82, 2.24) is 9.62 Å². The van der Waals surface area contributed by atoms with Crippen LogP contribution in [-0.4, -0.2) is 40.4 Å². The number of amides is 1. The van der Waals surface area contributed by atoms with Gasteiger partial charge in [0.2, 0.25) is 10.0 Å². The Morgan fingerprint density at radius 2 is 1.92 bits per heavy atom. The van der Waals surface area contributed by atoms with Crippen LogP contribution in [0.25, 0.3) is 0 Å². The van der Waals surface area contributed by atoms with Crippen molar-refractivity contribution in [2.24, 2.45) is 0 Å². The number of carbonyl (C=O) groups excluding carboxylic acids is 1. The van der Waals surface area contributed by atoms with Crippen LogP contribution in [-0.2, 0) is 16.6 Å². The molecule has 0 atom stereocenters. The van der Waals surface area contributed by atoms with Crippen LogP contribution in [0.15, 0.2) is 41.3 Å². The van der Waals surface area contributed by atoms with Crippen molar-refractivity contribution in [3.8, 4) is 5.75 Å². The molecule has 0 aromatic heterocycles. The number of benzene rings is 2. The number of hydrogen-bond donors (Lipinski definition) is 1. The lowest BCUT2D eigenvalue weighted by Gasteiger charge is -2.19. The summed E-state index contributed by atoms with van der Waals surface area (Å²) < 4.78 is 44.8. The van der Waals surface area contributed by atoms with Crippen LogP contribution >= 0.6 is 0 Å². The molecule has 2 aromatic rings. The maximum absolute atomic E-state index is 13.8. The Labute approximate surface area is 152 Å². The van der Waals surface area contributed by atoms with E-state index in [9.17, 15) is 17.6 Å². The van der Waals surface area contributed by atoms with Gasteiger partial charge in [0, 0.05) is 19.2 Å². The van der Waals surface area contributed by atoms with E-state index in [1.54, 1.807) is 26.1 Å². The largest absolute Gasteiger partial charge is 0.494 e. The Morgan fingerprint density at radius 1 is 1.23 bits per heavy atom. The molecule has 0 saturated heterocycles. The first-order valence-corrected chi connectivity index (χ1v) is 9.30. The highest BCUT2D eigenvalue weighted by Gasteiger charge is 2.19. The van der Waals surface area contributed by atoms with E-state index in [2.05, 4.69) is 4.72 Å². The van der Waals surface area contributed by atoms with Crippen molar-refractivity contribution in [2.45, 2.75) is 18.4 Å². The zero-order valence-electron chi connectivity index (χ0n) is 15.0. The third-order valence-corrected chi connectivity index (χ3v) is 5.41. The number of nitrogens with one attached hydrogen (secondary N) is 1. The molecule has 1 N–H and O–H groups in total. The summed E-state index contributed by atoms with van der Waals surface area (Å²) in [7, 11) is 0.604. The van der Waals surface area contributed by atoms with E-state index in [-0.39, 0.29) is 28.7 Å². The minimum absolute atomic E-state index is 0.0119. The second-order valence-electron chi connectivity index (χ2n) is 5.81. The van der Waals surface area contributed by atoms with Gasteiger partial charge in [0.05, 0.1) is 12.0 Å². The van der Waals surface area contributed by atoms with E-state index in [0.29, 0.717) is 11.1 Å². The molecule has 26 heavy (non-hydrogen) atoms. The topological polar surface area (TPSA) is 75.7 Å². The fraction of sp³-hybridized carbons (Fsp3) is 0.278. The normalized spacial score (nSPS) is 11.3. The number of methoxy groups -OCH3 is 1. The van der Waals surface area contributed by atoms with Crippen LogP contribution in [0.3, 0.4) is 0 Å². The summed E-state index contributed by atoms with van der Waals surface area (Å²) in [6.07, 6.45) is 0. The minimum Gasteiger partial charge on any atom is -0.494 e. The fourth-order valence-corrected chi connectivity index (χ4v) is 3.23. The van der Waals surface area contributed by atoms with Gasteiger partial charge in [-0.05, 0) is 49.4 Å². The molecule has 0 unspecified atom stereocenters. The fourth-order valence-electron chi connectivity index (χ4n) is 2.48. The van der Waals surface area contributed by atoms with Crippen LogP contribution in [0.2, 0.25) is 0 Å². The molecule has 0 aliphatic heterocycles. The second kappa shape index (κ2) is 7.84. The van der Waals surface area contributed by atoms with E-state index < -0.39 is 15.8 Å². The number of aryl methyl sites for hydroxylation is 1. The van der Waals surface area contributed by atoms with Crippen LogP contribution in [0.4, 0.5) is 4.39 Å². The van der Waals surface area contributed by atoms with Gasteiger partial charge in [-0.25, -0.2) is 17.5 Å². The molecule has 2 aromatic carbocycles. The summed E-state index contributed by atoms with van der Waals surface area (Å²) in [6.45, 7) is 1.89. The standard InChI is InChI=1S/C18H21FN2O4S/c1-12-5-7-14(26(23,24)20-2)10-15(12)18(22)21(3)11-13-6-8-17(25-4)16(19)9-13/h5-10,20H,11H2,1-4H3. The van der Waals surface area contributed by atoms with Gasteiger partial charge in [-0.3, -0.25) is 4.79 Å². The highest BCUT2D eigenvalue weighted by Crippen LogP contribution is 2.20. The highest BCUT2D eigenvalue weighted by molar-refractivity contribution is 7.89. The van der Waals surface area contributed by atoms with E-state index >= 15 is 0 Å². The molecule has 0 spiro atoms. The predicted octanol–water partition coefficient (Wildman–Crippen LogP) is 2.32. The number of sulfonamides is 1. The summed E-state index contributed by atoms with van der Waals surface area (Å²) in [6, 6.07) is 8.83. The molecule has 0 bridgehead atoms. The Morgan fingerprint density at radius 3 is 2.50 bits per heavy atom. The average Bonchev–Trinajstić information content (AvgIpc) is 2.61. The van der Waals surface area contributed by atoms with Gasteiger partial charge in [-0.1, -0.05) is 12.1 Å². The molecular formula is C18H21FN2O4S. The Hall–Kier alpha value is -2.45. The van der Waals surface area contributed by atoms with Gasteiger partial charge in [0.1, 0.15) is 0 Å². The number of carbonyl (C=O) groups is 1. The van der Waals surface area contributed by atoms with Crippen molar-refractivity contribution in [3.63, 3.8) is 0 Å². The van der Waals surface area contributed by atoms with Gasteiger partial charge in [-0.15, -0.1) is 0 Å². The lowest BCUT2D eigenvalue weighted by atomic mass is 10.1. The molecule has 0 radical (unpaired) electrons. The number of nitrogens with zero attached hydrogens (tertiary/aromatic N) is 1. The maximum Gasteiger partial charge on any atom is 0.254 e. The lowest BCUT2D eigenvalue weighted by Crippen LogP contribution is -2.27. The first-order chi connectivity index (χ1) is 12.2. The lowest BCUT2D eigenvalue weighted by molar-refractivity contribution is 0.0784. The molecule has 140 valence electrons. The zero-order chi connectivity index (χ0) is 19.5. The van der Waals surface area contributed by atoms with Crippen molar-refractivity contribution < 1.29 is 22.3 Å². The smallest absolute Gasteiger partial charge is 0.254 e. The molecule has 0 aliphatic carbocycles. The molecule has 0 aliphatic rings. The zero-order valence-corrected chi connectivity index (χ0v) is 15.9. The summed E-state index contributed by atoms with van der Waals surface area (Å²) in [5, 5.41) is 0. The predicted molar refractivity (Wildman–Crippen MR) is 96.2 cm³/mol. The Bertz CT molecular complexity index is 929. The Balaban J connectivity index is 2.28. The molecule has 0 heterocycles. The van der Waals surface area contributed by atoms with Gasteiger partial charge in [0.25, 0.3) is 5.91 Å². The van der Waals surface area contributed by atoms with Crippen molar-refractivity contribution in [1.29, 1.82) is 0 Å². The minimum atomic E-state index is -3.65. The number of ether oxygens (including phenoxy) is 1. The van der Waals surface area contributed by atoms with E-state index in [4.69, 9.17) is 4.74 Å². The summed E-state index contributed by atoms with van der Waals surface area (Å²) in [5.74, 6) is -0.737. The molecule has 0 fully saturated rings. The first kappa shape index (κ1) is 19.9. The average molecular weight is 380 g/mol. The highest BCUT2D eigenvalue weighted by atomic mass is 32.2. The van der Waals surface area contributed by atoms with Crippen LogP contribution < -0.4 is 9.46 Å². The SMILES string of the molecule is CNS(=O)(=O)c1ccc(C)c(C(=O)N(C)Cc2ccc(OC)c(F)c2)c1. The summed E-state index contributed by atoms with van der Waals surface area (Å²) >= 11 is 0. The summed E-state index contributed by atoms with van der Waals surface area (Å²) in [5.41, 5.74) is 1.52. The third-order valence-electron chi connectivity index (χ3n) is 4.00. The van der Waals surface area contributed by atoms with Gasteiger partial charge < -0.3 is 9.64 Å². The Kier molecular flexibility index (Phi) is 5.99. The second-order valence-corrected chi connectivity index (χ2v) is 7.70. The number of halogens is 1. The molecule has 8 heteroatoms. The molecule has 2 rings (SSSR count). The molecule has 1 amide bonds. The quantitative estimate of drug-likeness (QED) is 0.835. The van der Waals surface area contributed by atoms with E-state index in [1.165, 1.54) is 43.3 Å². The number of rotatable bonds is 6. The maximum atomic E-state index is 13.8. The van der Waals surface area contributed by atoms with Crippen molar-refractivity contribution in [3.05, 3.63) is 58.9 Å². The first-order valence-electron chi connectivity index (χ1n) is 7.81. The van der Waals surface area contributed by atoms with E-state index in [0.717, 1.165) is 0 Å². The molecule has 0 saturated carbocycles. The molecular weight excluding hydrogens is 359 g/mol. The third kappa shape index (κ3) is 4.20. The van der Waals surface area contributed by atoms with Gasteiger partial charge in [0.15, 0.2) is 11.6 Å². The molecule has 6 nitrogen and oxygen atoms in total. The van der Waals surface area contributed by atoms with Gasteiger partial charge in [-0.2, -0.15) is 0 Å². The summed E-state index contributed by atoms with van der Waals surface area (Å²) in [4.78, 5) is 14.2.